The van der Waals surface area contributed by atoms with Gasteiger partial charge in [0.25, 0.3) is 0 Å². The summed E-state index contributed by atoms with van der Waals surface area (Å²) in [6.45, 7) is 4.65. The minimum atomic E-state index is -0.109. The molecular weight excluding hydrogens is 250 g/mol. The molecule has 7 heteroatoms. The summed E-state index contributed by atoms with van der Waals surface area (Å²) in [5.41, 5.74) is 0.913. The lowest BCUT2D eigenvalue weighted by atomic mass is 10.4. The van der Waals surface area contributed by atoms with E-state index in [0.717, 1.165) is 18.7 Å². The van der Waals surface area contributed by atoms with Crippen LogP contribution in [0, 0.1) is 6.92 Å². The second-order valence-electron chi connectivity index (χ2n) is 3.79. The molecule has 0 fully saturated rings. The molecule has 2 rings (SSSR count). The first kappa shape index (κ1) is 13.0. The Kier molecular flexibility index (Phi) is 4.27. The Hall–Kier alpha value is -1.47. The van der Waals surface area contributed by atoms with Crippen molar-refractivity contribution in [1.29, 1.82) is 0 Å². The van der Waals surface area contributed by atoms with Crippen molar-refractivity contribution in [2.24, 2.45) is 0 Å². The molecule has 0 aliphatic heterocycles. The normalized spacial score (nSPS) is 10.8. The quantitative estimate of drug-likeness (QED) is 0.824. The van der Waals surface area contributed by atoms with Crippen LogP contribution in [0.5, 0.6) is 0 Å². The van der Waals surface area contributed by atoms with Gasteiger partial charge < -0.3 is 9.67 Å². The minimum absolute atomic E-state index is 0.109. The molecule has 0 aliphatic rings. The molecule has 0 amide bonds. The lowest BCUT2D eigenvalue weighted by Crippen LogP contribution is -2.05. The third kappa shape index (κ3) is 2.85. The van der Waals surface area contributed by atoms with Gasteiger partial charge in [-0.1, -0.05) is 6.92 Å². The van der Waals surface area contributed by atoms with Crippen LogP contribution in [-0.4, -0.2) is 29.8 Å². The predicted molar refractivity (Wildman–Crippen MR) is 67.1 cm³/mol. The van der Waals surface area contributed by atoms with Crippen LogP contribution in [0.2, 0.25) is 0 Å². The third-order valence-corrected chi connectivity index (χ3v) is 3.20. The Labute approximate surface area is 109 Å². The van der Waals surface area contributed by atoms with Crippen molar-refractivity contribution in [3.05, 3.63) is 23.8 Å². The summed E-state index contributed by atoms with van der Waals surface area (Å²) in [7, 11) is 0. The van der Waals surface area contributed by atoms with Crippen LogP contribution >= 0.6 is 11.8 Å². The number of rotatable bonds is 5. The molecule has 0 aliphatic carbocycles. The lowest BCUT2D eigenvalue weighted by Gasteiger charge is -2.06. The summed E-state index contributed by atoms with van der Waals surface area (Å²) in [6.07, 6.45) is 2.67. The number of aryl methyl sites for hydroxylation is 1. The van der Waals surface area contributed by atoms with Gasteiger partial charge >= 0.3 is 0 Å². The Morgan fingerprint density at radius 1 is 1.39 bits per heavy atom. The average molecular weight is 265 g/mol. The Bertz CT molecular complexity index is 528. The molecule has 0 saturated carbocycles. The standard InChI is InChI=1S/C11H15N5OS/c1-3-6-16-9(7-17)14-15-11(16)18-10-12-5-4-8(2)13-10/h4-5,17H,3,6-7H2,1-2H3. The van der Waals surface area contributed by atoms with Gasteiger partial charge in [0.1, 0.15) is 6.61 Å². The molecule has 0 spiro atoms. The summed E-state index contributed by atoms with van der Waals surface area (Å²) in [6, 6.07) is 1.85. The van der Waals surface area contributed by atoms with E-state index in [0.29, 0.717) is 16.1 Å². The fraction of sp³-hybridized carbons (Fsp3) is 0.455. The maximum atomic E-state index is 9.20. The van der Waals surface area contributed by atoms with E-state index in [1.165, 1.54) is 11.8 Å². The van der Waals surface area contributed by atoms with Crippen LogP contribution in [-0.2, 0) is 13.2 Å². The summed E-state index contributed by atoms with van der Waals surface area (Å²) in [5, 5.41) is 18.6. The smallest absolute Gasteiger partial charge is 0.199 e. The molecule has 0 radical (unpaired) electrons. The fourth-order valence-corrected chi connectivity index (χ4v) is 2.37. The summed E-state index contributed by atoms with van der Waals surface area (Å²) < 4.78 is 1.90. The zero-order chi connectivity index (χ0) is 13.0. The molecule has 6 nitrogen and oxygen atoms in total. The second-order valence-corrected chi connectivity index (χ2v) is 4.73. The molecule has 18 heavy (non-hydrogen) atoms. The first-order valence-corrected chi connectivity index (χ1v) is 6.56. The van der Waals surface area contributed by atoms with Gasteiger partial charge in [0.05, 0.1) is 0 Å². The molecule has 0 bridgehead atoms. The molecule has 0 saturated heterocycles. The van der Waals surface area contributed by atoms with Gasteiger partial charge in [-0.15, -0.1) is 10.2 Å². The number of aliphatic hydroxyl groups excluding tert-OH is 1. The van der Waals surface area contributed by atoms with E-state index in [4.69, 9.17) is 0 Å². The van der Waals surface area contributed by atoms with Crippen molar-refractivity contribution < 1.29 is 5.11 Å². The van der Waals surface area contributed by atoms with E-state index in [2.05, 4.69) is 27.1 Å². The second kappa shape index (κ2) is 5.92. The maximum Gasteiger partial charge on any atom is 0.199 e. The number of nitrogens with zero attached hydrogens (tertiary/aromatic N) is 5. The van der Waals surface area contributed by atoms with Gasteiger partial charge in [-0.05, 0) is 31.2 Å². The van der Waals surface area contributed by atoms with Gasteiger partial charge in [0.2, 0.25) is 0 Å². The molecule has 2 aromatic rings. The van der Waals surface area contributed by atoms with Crippen LogP contribution in [0.1, 0.15) is 24.9 Å². The van der Waals surface area contributed by atoms with Crippen molar-refractivity contribution in [3.8, 4) is 0 Å². The SMILES string of the molecule is CCCn1c(CO)nnc1Sc1nccc(C)n1. The highest BCUT2D eigenvalue weighted by atomic mass is 32.2. The average Bonchev–Trinajstić information content (AvgIpc) is 2.72. The number of aromatic nitrogens is 5. The number of aliphatic hydroxyl groups is 1. The Balaban J connectivity index is 2.25. The van der Waals surface area contributed by atoms with E-state index in [1.54, 1.807) is 6.20 Å². The first-order chi connectivity index (χ1) is 8.74. The number of hydrogen-bond acceptors (Lipinski definition) is 6. The van der Waals surface area contributed by atoms with Gasteiger partial charge in [0, 0.05) is 18.4 Å². The van der Waals surface area contributed by atoms with Crippen LogP contribution in [0.4, 0.5) is 0 Å². The van der Waals surface area contributed by atoms with Crippen molar-refractivity contribution in [3.63, 3.8) is 0 Å². The fourth-order valence-electron chi connectivity index (χ4n) is 1.52. The zero-order valence-electron chi connectivity index (χ0n) is 10.4. The molecular formula is C11H15N5OS. The lowest BCUT2D eigenvalue weighted by molar-refractivity contribution is 0.263. The van der Waals surface area contributed by atoms with E-state index < -0.39 is 0 Å². The van der Waals surface area contributed by atoms with E-state index in [9.17, 15) is 5.11 Å². The minimum Gasteiger partial charge on any atom is -0.388 e. The molecule has 2 heterocycles. The van der Waals surface area contributed by atoms with Gasteiger partial charge in [-0.25, -0.2) is 9.97 Å². The zero-order valence-corrected chi connectivity index (χ0v) is 11.2. The Morgan fingerprint density at radius 2 is 2.22 bits per heavy atom. The van der Waals surface area contributed by atoms with Crippen LogP contribution < -0.4 is 0 Å². The van der Waals surface area contributed by atoms with Crippen LogP contribution in [0.3, 0.4) is 0 Å². The van der Waals surface area contributed by atoms with Gasteiger partial charge in [-0.2, -0.15) is 0 Å². The van der Waals surface area contributed by atoms with E-state index in [1.807, 2.05) is 17.6 Å². The van der Waals surface area contributed by atoms with E-state index >= 15 is 0 Å². The van der Waals surface area contributed by atoms with Gasteiger partial charge in [-0.3, -0.25) is 0 Å². The summed E-state index contributed by atoms with van der Waals surface area (Å²) >= 11 is 1.36. The van der Waals surface area contributed by atoms with Crippen molar-refractivity contribution in [2.75, 3.05) is 0 Å². The Morgan fingerprint density at radius 3 is 2.89 bits per heavy atom. The third-order valence-electron chi connectivity index (χ3n) is 2.34. The molecule has 0 aromatic carbocycles. The highest BCUT2D eigenvalue weighted by molar-refractivity contribution is 7.99. The predicted octanol–water partition coefficient (Wildman–Crippen LogP) is 1.43. The summed E-state index contributed by atoms with van der Waals surface area (Å²) in [4.78, 5) is 8.49. The van der Waals surface area contributed by atoms with Gasteiger partial charge in [0.15, 0.2) is 16.1 Å². The molecule has 96 valence electrons. The highest BCUT2D eigenvalue weighted by Gasteiger charge is 2.13. The van der Waals surface area contributed by atoms with Crippen LogP contribution in [0.25, 0.3) is 0 Å². The first-order valence-electron chi connectivity index (χ1n) is 5.75. The topological polar surface area (TPSA) is 76.7 Å². The number of hydrogen-bond donors (Lipinski definition) is 1. The maximum absolute atomic E-state index is 9.20. The molecule has 0 atom stereocenters. The molecule has 0 unspecified atom stereocenters. The van der Waals surface area contributed by atoms with Crippen molar-refractivity contribution in [1.82, 2.24) is 24.7 Å². The summed E-state index contributed by atoms with van der Waals surface area (Å²) in [5.74, 6) is 0.576. The highest BCUT2D eigenvalue weighted by Crippen LogP contribution is 2.23. The monoisotopic (exact) mass is 265 g/mol. The van der Waals surface area contributed by atoms with Crippen molar-refractivity contribution in [2.45, 2.75) is 43.7 Å². The van der Waals surface area contributed by atoms with Crippen LogP contribution in [0.15, 0.2) is 22.6 Å². The molecule has 1 N–H and O–H groups in total. The van der Waals surface area contributed by atoms with Crippen molar-refractivity contribution >= 4 is 11.8 Å². The largest absolute Gasteiger partial charge is 0.388 e. The van der Waals surface area contributed by atoms with E-state index in [-0.39, 0.29) is 6.61 Å². The molecule has 2 aromatic heterocycles.